The van der Waals surface area contributed by atoms with E-state index in [0.29, 0.717) is 0 Å². The molecule has 0 rings (SSSR count). The maximum absolute atomic E-state index is 12.1. The molecule has 22 heavy (non-hydrogen) atoms. The molecule has 0 radical (unpaired) electrons. The fourth-order valence-electron chi connectivity index (χ4n) is 2.39. The zero-order valence-electron chi connectivity index (χ0n) is 15.3. The van der Waals surface area contributed by atoms with E-state index < -0.39 is 6.10 Å². The first kappa shape index (κ1) is 21.1. The van der Waals surface area contributed by atoms with E-state index in [1.807, 2.05) is 26.8 Å². The minimum absolute atomic E-state index is 0.0321. The number of Topliss-reactive ketones (excluding diaryl/α,β-unsaturated/α-hetero) is 1. The van der Waals surface area contributed by atoms with Gasteiger partial charge in [-0.3, -0.25) is 4.79 Å². The largest absolute Gasteiger partial charge is 0.388 e. The minimum Gasteiger partial charge on any atom is -0.388 e. The first-order valence-electron chi connectivity index (χ1n) is 8.87. The van der Waals surface area contributed by atoms with Crippen molar-refractivity contribution >= 4 is 5.78 Å². The van der Waals surface area contributed by atoms with Crippen LogP contribution in [0.1, 0.15) is 79.6 Å². The summed E-state index contributed by atoms with van der Waals surface area (Å²) >= 11 is 0. The van der Waals surface area contributed by atoms with Gasteiger partial charge in [-0.15, -0.1) is 0 Å². The van der Waals surface area contributed by atoms with Crippen molar-refractivity contribution in [2.24, 2.45) is 11.8 Å². The van der Waals surface area contributed by atoms with Crippen LogP contribution >= 0.6 is 0 Å². The van der Waals surface area contributed by atoms with E-state index in [9.17, 15) is 9.90 Å². The second kappa shape index (κ2) is 12.6. The van der Waals surface area contributed by atoms with Gasteiger partial charge in [0.05, 0.1) is 6.10 Å². The third-order valence-electron chi connectivity index (χ3n) is 4.17. The van der Waals surface area contributed by atoms with Crippen molar-refractivity contribution in [1.82, 2.24) is 0 Å². The number of aliphatic hydroxyl groups excluding tert-OH is 1. The highest BCUT2D eigenvalue weighted by Crippen LogP contribution is 2.16. The fraction of sp³-hybridized carbons (Fsp3) is 0.750. The predicted molar refractivity (Wildman–Crippen MR) is 95.9 cm³/mol. The van der Waals surface area contributed by atoms with E-state index in [4.69, 9.17) is 0 Å². The highest BCUT2D eigenvalue weighted by Gasteiger charge is 2.17. The maximum Gasteiger partial charge on any atom is 0.138 e. The normalized spacial score (nSPS) is 15.5. The van der Waals surface area contributed by atoms with Gasteiger partial charge >= 0.3 is 0 Å². The summed E-state index contributed by atoms with van der Waals surface area (Å²) in [5.41, 5.74) is 0.943. The number of hydrogen-bond acceptors (Lipinski definition) is 2. The molecule has 2 nitrogen and oxygen atoms in total. The van der Waals surface area contributed by atoms with Gasteiger partial charge in [0.1, 0.15) is 5.78 Å². The smallest absolute Gasteiger partial charge is 0.138 e. The molecule has 0 spiro atoms. The quantitative estimate of drug-likeness (QED) is 0.384. The molecule has 1 N–H and O–H groups in total. The Hall–Kier alpha value is -0.890. The van der Waals surface area contributed by atoms with E-state index in [0.717, 1.165) is 37.2 Å². The Labute approximate surface area is 137 Å². The number of unbranched alkanes of at least 4 members (excludes halogenated alkanes) is 2. The highest BCUT2D eigenvalue weighted by molar-refractivity contribution is 5.81. The summed E-state index contributed by atoms with van der Waals surface area (Å²) in [5.74, 6) is 0.964. The zero-order valence-corrected chi connectivity index (χ0v) is 15.3. The van der Waals surface area contributed by atoms with Crippen LogP contribution < -0.4 is 0 Å². The first-order valence-corrected chi connectivity index (χ1v) is 8.87. The van der Waals surface area contributed by atoms with Gasteiger partial charge < -0.3 is 5.11 Å². The van der Waals surface area contributed by atoms with Crippen molar-refractivity contribution in [3.8, 4) is 0 Å². The van der Waals surface area contributed by atoms with Gasteiger partial charge in [0, 0.05) is 12.3 Å². The summed E-state index contributed by atoms with van der Waals surface area (Å²) in [6, 6.07) is 0. The Morgan fingerprint density at radius 1 is 1.09 bits per heavy atom. The summed E-state index contributed by atoms with van der Waals surface area (Å²) < 4.78 is 0. The zero-order chi connectivity index (χ0) is 17.0. The molecule has 128 valence electrons. The van der Waals surface area contributed by atoms with Gasteiger partial charge in [0.2, 0.25) is 0 Å². The van der Waals surface area contributed by atoms with Crippen LogP contribution in [0.25, 0.3) is 0 Å². The van der Waals surface area contributed by atoms with E-state index in [1.54, 1.807) is 0 Å². The van der Waals surface area contributed by atoms with Crippen LogP contribution in [0.5, 0.6) is 0 Å². The van der Waals surface area contributed by atoms with Gasteiger partial charge in [0.15, 0.2) is 0 Å². The molecule has 0 saturated heterocycles. The Morgan fingerprint density at radius 3 is 2.36 bits per heavy atom. The summed E-state index contributed by atoms with van der Waals surface area (Å²) in [6.45, 7) is 10.4. The molecule has 2 atom stereocenters. The topological polar surface area (TPSA) is 37.3 Å². The van der Waals surface area contributed by atoms with E-state index in [-0.39, 0.29) is 18.1 Å². The molecule has 0 aliphatic rings. The summed E-state index contributed by atoms with van der Waals surface area (Å²) in [7, 11) is 0. The van der Waals surface area contributed by atoms with Gasteiger partial charge in [0.25, 0.3) is 0 Å². The molecule has 0 fully saturated rings. The summed E-state index contributed by atoms with van der Waals surface area (Å²) in [4.78, 5) is 12.1. The Kier molecular flexibility index (Phi) is 12.1. The van der Waals surface area contributed by atoms with E-state index in [2.05, 4.69) is 26.0 Å². The van der Waals surface area contributed by atoms with Crippen molar-refractivity contribution < 1.29 is 9.90 Å². The Balaban J connectivity index is 4.06. The molecule has 0 aromatic carbocycles. The third-order valence-corrected chi connectivity index (χ3v) is 4.17. The van der Waals surface area contributed by atoms with Gasteiger partial charge in [-0.05, 0) is 51.0 Å². The lowest BCUT2D eigenvalue weighted by Crippen LogP contribution is -2.20. The van der Waals surface area contributed by atoms with Gasteiger partial charge in [-0.1, -0.05) is 51.8 Å². The van der Waals surface area contributed by atoms with Crippen LogP contribution in [0, 0.1) is 11.8 Å². The van der Waals surface area contributed by atoms with E-state index >= 15 is 0 Å². The molecule has 0 saturated carbocycles. The van der Waals surface area contributed by atoms with Crippen LogP contribution in [0.3, 0.4) is 0 Å². The summed E-state index contributed by atoms with van der Waals surface area (Å²) in [5, 5.41) is 10.2. The number of carbonyl (C=O) groups excluding carboxylic acids is 1. The van der Waals surface area contributed by atoms with Crippen LogP contribution in [0.4, 0.5) is 0 Å². The van der Waals surface area contributed by atoms with Crippen molar-refractivity contribution in [2.75, 3.05) is 0 Å². The average Bonchev–Trinajstić information content (AvgIpc) is 2.46. The number of carbonyl (C=O) groups is 1. The van der Waals surface area contributed by atoms with Crippen molar-refractivity contribution in [2.45, 2.75) is 85.7 Å². The molecule has 0 aromatic rings. The maximum atomic E-state index is 12.1. The molecule has 0 aromatic heterocycles. The molecule has 1 unspecified atom stereocenters. The number of aliphatic hydroxyl groups is 1. The predicted octanol–water partition coefficient (Wildman–Crippen LogP) is 5.46. The molecular formula is C20H36O2. The number of hydrogen-bond donors (Lipinski definition) is 1. The van der Waals surface area contributed by atoms with Crippen LogP contribution in [0.15, 0.2) is 23.8 Å². The second-order valence-electron chi connectivity index (χ2n) is 6.86. The lowest BCUT2D eigenvalue weighted by Gasteiger charge is -2.14. The third kappa shape index (κ3) is 10.8. The lowest BCUT2D eigenvalue weighted by atomic mass is 9.94. The minimum atomic E-state index is -0.609. The van der Waals surface area contributed by atoms with Crippen molar-refractivity contribution in [3.63, 3.8) is 0 Å². The van der Waals surface area contributed by atoms with Gasteiger partial charge in [-0.25, -0.2) is 0 Å². The second-order valence-corrected chi connectivity index (χ2v) is 6.86. The van der Waals surface area contributed by atoms with Gasteiger partial charge in [-0.2, -0.15) is 0 Å². The lowest BCUT2D eigenvalue weighted by molar-refractivity contribution is -0.124. The molecule has 0 aliphatic carbocycles. The molecule has 0 aliphatic heterocycles. The van der Waals surface area contributed by atoms with Crippen molar-refractivity contribution in [1.29, 1.82) is 0 Å². The molecule has 0 heterocycles. The Morgan fingerprint density at radius 2 is 1.77 bits per heavy atom. The SMILES string of the molecule is C/C=C/CC[C@@H](C)C(=O)CC(O)/C(C)=C/CCCCC(C)C. The standard InChI is InChI=1S/C20H36O2/c1-6-7-9-13-17(4)19(21)15-20(22)18(5)14-11-8-10-12-16(2)3/h6-7,14,16-17,20,22H,8-13,15H2,1-5H3/b7-6+,18-14+/t17-,20?/m1/s1. The molecule has 0 bridgehead atoms. The van der Waals surface area contributed by atoms with Crippen LogP contribution in [-0.2, 0) is 4.79 Å². The highest BCUT2D eigenvalue weighted by atomic mass is 16.3. The number of rotatable bonds is 12. The number of ketones is 1. The number of allylic oxidation sites excluding steroid dienone is 3. The molecular weight excluding hydrogens is 272 g/mol. The monoisotopic (exact) mass is 308 g/mol. The Bertz CT molecular complexity index is 353. The molecule has 2 heteroatoms. The fourth-order valence-corrected chi connectivity index (χ4v) is 2.39. The molecule has 0 amide bonds. The van der Waals surface area contributed by atoms with E-state index in [1.165, 1.54) is 12.8 Å². The summed E-state index contributed by atoms with van der Waals surface area (Å²) in [6.07, 6.45) is 12.3. The average molecular weight is 309 g/mol. The van der Waals surface area contributed by atoms with Crippen molar-refractivity contribution in [3.05, 3.63) is 23.8 Å². The van der Waals surface area contributed by atoms with Crippen LogP contribution in [-0.4, -0.2) is 17.0 Å². The van der Waals surface area contributed by atoms with Crippen LogP contribution in [0.2, 0.25) is 0 Å². The first-order chi connectivity index (χ1) is 10.4.